The first-order chi connectivity index (χ1) is 8.65. The summed E-state index contributed by atoms with van der Waals surface area (Å²) in [6, 6.07) is 6.65. The molecule has 0 amide bonds. The van der Waals surface area contributed by atoms with Crippen LogP contribution in [0.25, 0.3) is 0 Å². The Bertz CT molecular complexity index is 579. The first-order valence-electron chi connectivity index (χ1n) is 6.38. The lowest BCUT2D eigenvalue weighted by molar-refractivity contribution is -0.114. The van der Waals surface area contributed by atoms with Crippen molar-refractivity contribution < 1.29 is 4.79 Å². The van der Waals surface area contributed by atoms with E-state index in [0.29, 0.717) is 12.3 Å². The number of benzene rings is 1. The van der Waals surface area contributed by atoms with Gasteiger partial charge in [0.05, 0.1) is 4.91 Å². The molecule has 1 aliphatic carbocycles. The summed E-state index contributed by atoms with van der Waals surface area (Å²) in [5.74, 6) is 0.829. The van der Waals surface area contributed by atoms with E-state index in [1.807, 2.05) is 6.08 Å². The molecule has 18 heavy (non-hydrogen) atoms. The van der Waals surface area contributed by atoms with Crippen LogP contribution in [0.1, 0.15) is 37.3 Å². The first-order valence-corrected chi connectivity index (χ1v) is 7.20. The molecule has 0 bridgehead atoms. The van der Waals surface area contributed by atoms with Gasteiger partial charge in [-0.3, -0.25) is 4.79 Å². The van der Waals surface area contributed by atoms with Crippen LogP contribution in [0.5, 0.6) is 0 Å². The minimum absolute atomic E-state index is 0.274. The maximum absolute atomic E-state index is 11.9. The number of ketones is 1. The van der Waals surface area contributed by atoms with Gasteiger partial charge in [0.25, 0.3) is 0 Å². The molecule has 0 saturated heterocycles. The molecule has 0 spiro atoms. The van der Waals surface area contributed by atoms with E-state index < -0.39 is 0 Å². The van der Waals surface area contributed by atoms with Crippen molar-refractivity contribution in [3.05, 3.63) is 52.0 Å². The van der Waals surface area contributed by atoms with Crippen LogP contribution in [0.2, 0.25) is 0 Å². The molecule has 0 unspecified atom stereocenters. The maximum atomic E-state index is 11.9. The van der Waals surface area contributed by atoms with E-state index in [-0.39, 0.29) is 5.78 Å². The molecule has 92 valence electrons. The van der Waals surface area contributed by atoms with Gasteiger partial charge in [-0.25, -0.2) is 0 Å². The lowest BCUT2D eigenvalue weighted by atomic mass is 9.94. The van der Waals surface area contributed by atoms with Gasteiger partial charge in [0, 0.05) is 11.3 Å². The van der Waals surface area contributed by atoms with Gasteiger partial charge in [0.15, 0.2) is 5.78 Å². The van der Waals surface area contributed by atoms with Gasteiger partial charge in [-0.05, 0) is 35.1 Å². The Kier molecular flexibility index (Phi) is 2.90. The average Bonchev–Trinajstić information content (AvgIpc) is 2.36. The number of fused-ring (bicyclic) bond motifs is 1. The topological polar surface area (TPSA) is 17.1 Å². The molecule has 1 heterocycles. The van der Waals surface area contributed by atoms with E-state index in [1.165, 1.54) is 21.6 Å². The summed E-state index contributed by atoms with van der Waals surface area (Å²) in [7, 11) is 0. The number of hydrogen-bond acceptors (Lipinski definition) is 2. The van der Waals surface area contributed by atoms with Gasteiger partial charge in [-0.15, -0.1) is 0 Å². The first kappa shape index (κ1) is 11.8. The van der Waals surface area contributed by atoms with E-state index in [1.54, 1.807) is 11.8 Å². The summed E-state index contributed by atoms with van der Waals surface area (Å²) in [6.45, 7) is 4.43. The van der Waals surface area contributed by atoms with Crippen molar-refractivity contribution in [3.63, 3.8) is 0 Å². The lowest BCUT2D eigenvalue weighted by Crippen LogP contribution is -2.11. The molecule has 1 aromatic rings. The molecular formula is C16H16OS. The summed E-state index contributed by atoms with van der Waals surface area (Å²) in [4.78, 5) is 14.1. The van der Waals surface area contributed by atoms with Crippen molar-refractivity contribution in [2.45, 2.75) is 37.5 Å². The van der Waals surface area contributed by atoms with Crippen LogP contribution >= 0.6 is 11.8 Å². The number of thioether (sulfide) groups is 1. The second-order valence-corrected chi connectivity index (χ2v) is 6.24. The van der Waals surface area contributed by atoms with Gasteiger partial charge in [0.2, 0.25) is 0 Å². The molecule has 0 atom stereocenters. The zero-order valence-electron chi connectivity index (χ0n) is 10.7. The Labute approximate surface area is 112 Å². The monoisotopic (exact) mass is 256 g/mol. The van der Waals surface area contributed by atoms with E-state index in [0.717, 1.165) is 11.3 Å². The molecule has 0 aromatic heterocycles. The predicted molar refractivity (Wildman–Crippen MR) is 75.9 cm³/mol. The highest BCUT2D eigenvalue weighted by Gasteiger charge is 2.24. The zero-order valence-corrected chi connectivity index (χ0v) is 11.5. The number of Topliss-reactive ketones (excluding diaryl/α,β-unsaturated/α-hetero) is 1. The predicted octanol–water partition coefficient (Wildman–Crippen LogP) is 4.24. The fourth-order valence-electron chi connectivity index (χ4n) is 2.43. The van der Waals surface area contributed by atoms with Gasteiger partial charge < -0.3 is 0 Å². The SMILES string of the molecule is CC(C)c1ccc2c(c1)CC1=C(S2)C(=O)CC=C1. The maximum Gasteiger partial charge on any atom is 0.173 e. The number of rotatable bonds is 1. The Morgan fingerprint density at radius 2 is 2.11 bits per heavy atom. The van der Waals surface area contributed by atoms with Crippen LogP contribution in [0.15, 0.2) is 45.7 Å². The molecule has 2 aliphatic rings. The standard InChI is InChI=1S/C16H16OS/c1-10(2)11-6-7-15-13(8-11)9-12-4-3-5-14(17)16(12)18-15/h3-4,6-8,10H,5,9H2,1-2H3. The minimum Gasteiger partial charge on any atom is -0.293 e. The third-order valence-corrected chi connectivity index (χ3v) is 4.82. The second-order valence-electron chi connectivity index (χ2n) is 5.18. The highest BCUT2D eigenvalue weighted by Crippen LogP contribution is 2.41. The van der Waals surface area contributed by atoms with Crippen LogP contribution in [0, 0.1) is 0 Å². The molecule has 1 aromatic carbocycles. The number of carbonyl (C=O) groups is 1. The van der Waals surface area contributed by atoms with Crippen LogP contribution in [-0.2, 0) is 11.2 Å². The van der Waals surface area contributed by atoms with Crippen molar-refractivity contribution in [2.24, 2.45) is 0 Å². The third-order valence-electron chi connectivity index (χ3n) is 3.51. The number of hydrogen-bond donors (Lipinski definition) is 0. The van der Waals surface area contributed by atoms with Crippen molar-refractivity contribution in [1.29, 1.82) is 0 Å². The molecule has 0 N–H and O–H groups in total. The zero-order chi connectivity index (χ0) is 12.7. The van der Waals surface area contributed by atoms with E-state index in [9.17, 15) is 4.79 Å². The summed E-state index contributed by atoms with van der Waals surface area (Å²) in [5.41, 5.74) is 3.94. The highest BCUT2D eigenvalue weighted by molar-refractivity contribution is 8.04. The van der Waals surface area contributed by atoms with E-state index >= 15 is 0 Å². The lowest BCUT2D eigenvalue weighted by Gasteiger charge is -2.23. The Morgan fingerprint density at radius 1 is 1.28 bits per heavy atom. The molecule has 3 rings (SSSR count). The van der Waals surface area contributed by atoms with Gasteiger partial charge in [0.1, 0.15) is 0 Å². The molecule has 1 aliphatic heterocycles. The van der Waals surface area contributed by atoms with Crippen LogP contribution < -0.4 is 0 Å². The van der Waals surface area contributed by atoms with E-state index in [2.05, 4.69) is 38.1 Å². The third kappa shape index (κ3) is 1.95. The molecular weight excluding hydrogens is 240 g/mol. The summed E-state index contributed by atoms with van der Waals surface area (Å²) in [5, 5.41) is 0. The fourth-order valence-corrected chi connectivity index (χ4v) is 3.52. The molecule has 1 nitrogen and oxygen atoms in total. The van der Waals surface area contributed by atoms with Crippen molar-refractivity contribution in [3.8, 4) is 0 Å². The molecule has 0 fully saturated rings. The van der Waals surface area contributed by atoms with Gasteiger partial charge >= 0.3 is 0 Å². The minimum atomic E-state index is 0.274. The normalized spacial score (nSPS) is 18.1. The second kappa shape index (κ2) is 4.43. The summed E-state index contributed by atoms with van der Waals surface area (Å²) in [6.07, 6.45) is 5.57. The average molecular weight is 256 g/mol. The molecule has 0 saturated carbocycles. The smallest absolute Gasteiger partial charge is 0.173 e. The summed E-state index contributed by atoms with van der Waals surface area (Å²) < 4.78 is 0. The van der Waals surface area contributed by atoms with Crippen molar-refractivity contribution in [2.75, 3.05) is 0 Å². The van der Waals surface area contributed by atoms with E-state index in [4.69, 9.17) is 0 Å². The van der Waals surface area contributed by atoms with Crippen molar-refractivity contribution >= 4 is 17.5 Å². The van der Waals surface area contributed by atoms with Crippen LogP contribution in [0.3, 0.4) is 0 Å². The number of allylic oxidation sites excluding steroid dienone is 4. The largest absolute Gasteiger partial charge is 0.293 e. The Hall–Kier alpha value is -1.28. The van der Waals surface area contributed by atoms with Gasteiger partial charge in [-0.2, -0.15) is 0 Å². The van der Waals surface area contributed by atoms with Crippen LogP contribution in [0.4, 0.5) is 0 Å². The Balaban J connectivity index is 2.01. The van der Waals surface area contributed by atoms with Gasteiger partial charge in [-0.1, -0.05) is 49.9 Å². The Morgan fingerprint density at radius 3 is 2.89 bits per heavy atom. The van der Waals surface area contributed by atoms with Crippen LogP contribution in [-0.4, -0.2) is 5.78 Å². The quantitative estimate of drug-likeness (QED) is 0.747. The molecule has 2 heteroatoms. The summed E-state index contributed by atoms with van der Waals surface area (Å²) >= 11 is 1.65. The highest BCUT2D eigenvalue weighted by atomic mass is 32.2. The fraction of sp³-hybridized carbons (Fsp3) is 0.312. The molecule has 0 radical (unpaired) electrons. The van der Waals surface area contributed by atoms with Crippen molar-refractivity contribution in [1.82, 2.24) is 0 Å². The number of carbonyl (C=O) groups excluding carboxylic acids is 1.